The number of nitrogens with zero attached hydrogens (tertiary/aromatic N) is 1. The van der Waals surface area contributed by atoms with Crippen molar-refractivity contribution in [1.29, 1.82) is 0 Å². The fourth-order valence-corrected chi connectivity index (χ4v) is 6.38. The Morgan fingerprint density at radius 3 is 1.98 bits per heavy atom. The Bertz CT molecular complexity index is 1780. The summed E-state index contributed by atoms with van der Waals surface area (Å²) in [5, 5.41) is 2.52. The molecular weight excluding hydrogens is 620 g/mol. The van der Waals surface area contributed by atoms with Crippen LogP contribution >= 0.6 is 11.6 Å². The van der Waals surface area contributed by atoms with Crippen LogP contribution in [0.1, 0.15) is 50.5 Å². The van der Waals surface area contributed by atoms with E-state index in [0.717, 1.165) is 0 Å². The van der Waals surface area contributed by atoms with E-state index in [1.165, 1.54) is 47.8 Å². The molecule has 1 N–H and O–H groups in total. The van der Waals surface area contributed by atoms with E-state index in [1.54, 1.807) is 62.4 Å². The second kappa shape index (κ2) is 14.7. The summed E-state index contributed by atoms with van der Waals surface area (Å²) in [7, 11) is -2.94. The van der Waals surface area contributed by atoms with E-state index in [2.05, 4.69) is 5.32 Å². The average molecular weight is 651 g/mol. The fraction of sp³-hybridized carbons (Fsp3) is 0.182. The summed E-state index contributed by atoms with van der Waals surface area (Å²) in [6.45, 7) is 3.42. The van der Waals surface area contributed by atoms with Crippen molar-refractivity contribution >= 4 is 50.8 Å². The smallest absolute Gasteiger partial charge is 0.338 e. The standard InChI is InChI=1S/C33H31ClN2O8S/c1-4-43-32(38)24-17-25(33(39)44-5-2)19-26(18-24)35-31(37)23-15-16-27(34)30(20-23)45(40,41)36(21-22-11-7-6-8-12-22)28-13-9-10-14-29(28)42-3/h6-20H,4-5,21H2,1-3H3,(H,35,37). The molecule has 0 bridgehead atoms. The zero-order valence-electron chi connectivity index (χ0n) is 24.8. The number of para-hydroxylation sites is 2. The summed E-state index contributed by atoms with van der Waals surface area (Å²) in [5.74, 6) is -1.80. The predicted molar refractivity (Wildman–Crippen MR) is 171 cm³/mol. The molecule has 45 heavy (non-hydrogen) atoms. The number of carbonyl (C=O) groups excluding carboxylic acids is 3. The molecule has 0 spiro atoms. The molecule has 1 amide bonds. The largest absolute Gasteiger partial charge is 0.495 e. The Labute approximate surface area is 266 Å². The Balaban J connectivity index is 1.74. The molecule has 0 atom stereocenters. The lowest BCUT2D eigenvalue weighted by molar-refractivity contribution is 0.0525. The van der Waals surface area contributed by atoms with Gasteiger partial charge in [0, 0.05) is 11.3 Å². The second-order valence-electron chi connectivity index (χ2n) is 9.51. The highest BCUT2D eigenvalue weighted by atomic mass is 35.5. The maximum atomic E-state index is 14.3. The molecule has 0 fully saturated rings. The maximum Gasteiger partial charge on any atom is 0.338 e. The predicted octanol–water partition coefficient (Wildman–Crippen LogP) is 6.35. The van der Waals surface area contributed by atoms with Gasteiger partial charge in [-0.15, -0.1) is 0 Å². The van der Waals surface area contributed by atoms with Crippen molar-refractivity contribution in [1.82, 2.24) is 0 Å². The van der Waals surface area contributed by atoms with Gasteiger partial charge in [-0.05, 0) is 67.9 Å². The van der Waals surface area contributed by atoms with Crippen LogP contribution in [-0.2, 0) is 26.0 Å². The van der Waals surface area contributed by atoms with Gasteiger partial charge in [0.05, 0.1) is 48.7 Å². The summed E-state index contributed by atoms with van der Waals surface area (Å²) < 4.78 is 45.3. The lowest BCUT2D eigenvalue weighted by Gasteiger charge is -2.27. The quantitative estimate of drug-likeness (QED) is 0.176. The molecule has 0 aliphatic carbocycles. The molecule has 0 aliphatic rings. The van der Waals surface area contributed by atoms with Crippen LogP contribution < -0.4 is 14.4 Å². The van der Waals surface area contributed by atoms with Gasteiger partial charge < -0.3 is 19.5 Å². The van der Waals surface area contributed by atoms with Gasteiger partial charge in [0.2, 0.25) is 0 Å². The van der Waals surface area contributed by atoms with Gasteiger partial charge >= 0.3 is 11.9 Å². The number of rotatable bonds is 12. The van der Waals surface area contributed by atoms with Crippen molar-refractivity contribution in [3.63, 3.8) is 0 Å². The fourth-order valence-electron chi connectivity index (χ4n) is 4.41. The molecule has 4 aromatic carbocycles. The number of carbonyl (C=O) groups is 3. The van der Waals surface area contributed by atoms with Crippen LogP contribution in [0.4, 0.5) is 11.4 Å². The zero-order valence-corrected chi connectivity index (χ0v) is 26.4. The highest BCUT2D eigenvalue weighted by molar-refractivity contribution is 7.93. The summed E-state index contributed by atoms with van der Waals surface area (Å²) in [5.41, 5.74) is 1.06. The second-order valence-corrected chi connectivity index (χ2v) is 11.7. The van der Waals surface area contributed by atoms with Crippen LogP contribution in [0, 0.1) is 0 Å². The summed E-state index contributed by atoms with van der Waals surface area (Å²) in [6.07, 6.45) is 0. The molecule has 0 saturated carbocycles. The minimum atomic E-state index is -4.37. The monoisotopic (exact) mass is 650 g/mol. The molecule has 0 radical (unpaired) electrons. The first kappa shape index (κ1) is 33.0. The molecular formula is C33H31ClN2O8S. The zero-order chi connectivity index (χ0) is 32.6. The van der Waals surface area contributed by atoms with Gasteiger partial charge in [-0.2, -0.15) is 0 Å². The van der Waals surface area contributed by atoms with Crippen molar-refractivity contribution in [3.8, 4) is 5.75 Å². The molecule has 0 aromatic heterocycles. The molecule has 12 heteroatoms. The average Bonchev–Trinajstić information content (AvgIpc) is 3.04. The summed E-state index contributed by atoms with van der Waals surface area (Å²) in [4.78, 5) is 38.0. The molecule has 0 unspecified atom stereocenters. The minimum Gasteiger partial charge on any atom is -0.495 e. The van der Waals surface area contributed by atoms with Crippen molar-refractivity contribution in [3.05, 3.63) is 118 Å². The lowest BCUT2D eigenvalue weighted by Crippen LogP contribution is -2.31. The molecule has 234 valence electrons. The van der Waals surface area contributed by atoms with Crippen LogP contribution in [0.5, 0.6) is 5.75 Å². The van der Waals surface area contributed by atoms with E-state index in [9.17, 15) is 22.8 Å². The lowest BCUT2D eigenvalue weighted by atomic mass is 10.1. The number of amides is 1. The summed E-state index contributed by atoms with van der Waals surface area (Å²) in [6, 6.07) is 23.5. The highest BCUT2D eigenvalue weighted by Crippen LogP contribution is 2.36. The first-order chi connectivity index (χ1) is 21.6. The Morgan fingerprint density at radius 1 is 0.778 bits per heavy atom. The number of anilines is 2. The van der Waals surface area contributed by atoms with Crippen LogP contribution in [0.25, 0.3) is 0 Å². The van der Waals surface area contributed by atoms with Gasteiger partial charge in [-0.3, -0.25) is 9.10 Å². The molecule has 0 heterocycles. The first-order valence-corrected chi connectivity index (χ1v) is 15.7. The maximum absolute atomic E-state index is 14.3. The van der Waals surface area contributed by atoms with E-state index < -0.39 is 27.9 Å². The molecule has 4 rings (SSSR count). The van der Waals surface area contributed by atoms with Gasteiger partial charge in [0.25, 0.3) is 15.9 Å². The Kier molecular flexibility index (Phi) is 10.8. The SMILES string of the molecule is CCOC(=O)c1cc(NC(=O)c2ccc(Cl)c(S(=O)(=O)N(Cc3ccccc3)c3ccccc3OC)c2)cc(C(=O)OCC)c1. The number of halogens is 1. The van der Waals surface area contributed by atoms with E-state index in [4.69, 9.17) is 25.8 Å². The number of hydrogen-bond donors (Lipinski definition) is 1. The third kappa shape index (κ3) is 7.81. The van der Waals surface area contributed by atoms with E-state index in [0.29, 0.717) is 11.3 Å². The van der Waals surface area contributed by atoms with Gasteiger partial charge in [0.15, 0.2) is 0 Å². The van der Waals surface area contributed by atoms with E-state index >= 15 is 0 Å². The minimum absolute atomic E-state index is 0.0189. The number of hydrogen-bond acceptors (Lipinski definition) is 8. The number of nitrogens with one attached hydrogen (secondary N) is 1. The van der Waals surface area contributed by atoms with E-state index in [-0.39, 0.29) is 57.7 Å². The first-order valence-electron chi connectivity index (χ1n) is 13.9. The highest BCUT2D eigenvalue weighted by Gasteiger charge is 2.30. The van der Waals surface area contributed by atoms with Gasteiger partial charge in [-0.25, -0.2) is 18.0 Å². The van der Waals surface area contributed by atoms with Gasteiger partial charge in [-0.1, -0.05) is 54.1 Å². The van der Waals surface area contributed by atoms with Crippen molar-refractivity contribution in [2.45, 2.75) is 25.3 Å². The molecule has 0 saturated heterocycles. The van der Waals surface area contributed by atoms with Gasteiger partial charge in [0.1, 0.15) is 10.6 Å². The normalized spacial score (nSPS) is 10.9. The van der Waals surface area contributed by atoms with Crippen LogP contribution in [0.3, 0.4) is 0 Å². The number of methoxy groups -OCH3 is 1. The number of ether oxygens (including phenoxy) is 3. The summed E-state index contributed by atoms with van der Waals surface area (Å²) >= 11 is 6.45. The number of esters is 2. The van der Waals surface area contributed by atoms with Crippen molar-refractivity contribution in [2.24, 2.45) is 0 Å². The molecule has 10 nitrogen and oxygen atoms in total. The van der Waals surface area contributed by atoms with Crippen LogP contribution in [0.15, 0.2) is 95.9 Å². The topological polar surface area (TPSA) is 128 Å². The molecule has 0 aliphatic heterocycles. The van der Waals surface area contributed by atoms with Crippen molar-refractivity contribution in [2.75, 3.05) is 29.9 Å². The molecule has 4 aromatic rings. The Hall–Kier alpha value is -4.87. The number of benzene rings is 4. The Morgan fingerprint density at radius 2 is 1.38 bits per heavy atom. The third-order valence-electron chi connectivity index (χ3n) is 6.50. The van der Waals surface area contributed by atoms with Crippen molar-refractivity contribution < 1.29 is 37.0 Å². The third-order valence-corrected chi connectivity index (χ3v) is 8.74. The van der Waals surface area contributed by atoms with Crippen LogP contribution in [0.2, 0.25) is 5.02 Å². The number of sulfonamides is 1. The van der Waals surface area contributed by atoms with E-state index in [1.807, 2.05) is 6.07 Å². The van der Waals surface area contributed by atoms with Crippen LogP contribution in [-0.4, -0.2) is 46.6 Å².